The van der Waals surface area contributed by atoms with Crippen LogP contribution in [0.3, 0.4) is 0 Å². The molecule has 1 heterocycles. The first-order valence-corrected chi connectivity index (χ1v) is 9.45. The normalized spacial score (nSPS) is 11.0. The molecule has 0 aliphatic rings. The van der Waals surface area contributed by atoms with Gasteiger partial charge in [-0.25, -0.2) is 4.68 Å². The van der Waals surface area contributed by atoms with Crippen molar-refractivity contribution in [1.29, 1.82) is 0 Å². The largest absolute Gasteiger partial charge is 0.326 e. The molecular formula is C23H27N3O. The van der Waals surface area contributed by atoms with Crippen LogP contribution < -0.4 is 5.32 Å². The van der Waals surface area contributed by atoms with Crippen molar-refractivity contribution in [1.82, 2.24) is 9.78 Å². The summed E-state index contributed by atoms with van der Waals surface area (Å²) in [5.74, 6) is 0.530. The monoisotopic (exact) mass is 361 g/mol. The summed E-state index contributed by atoms with van der Waals surface area (Å²) in [6, 6.07) is 18.4. The van der Waals surface area contributed by atoms with Crippen molar-refractivity contribution >= 4 is 11.6 Å². The Bertz CT molecular complexity index is 906. The van der Waals surface area contributed by atoms with E-state index < -0.39 is 0 Å². The van der Waals surface area contributed by atoms with Gasteiger partial charge in [0.1, 0.15) is 0 Å². The van der Waals surface area contributed by atoms with Gasteiger partial charge in [-0.3, -0.25) is 4.79 Å². The Hall–Kier alpha value is -2.88. The zero-order valence-corrected chi connectivity index (χ0v) is 16.5. The van der Waals surface area contributed by atoms with Gasteiger partial charge in [0, 0.05) is 17.8 Å². The fraction of sp³-hybridized carbons (Fsp3) is 0.304. The quantitative estimate of drug-likeness (QED) is 0.657. The van der Waals surface area contributed by atoms with Gasteiger partial charge in [0.05, 0.1) is 11.4 Å². The first-order valence-electron chi connectivity index (χ1n) is 9.45. The Labute approximate surface area is 161 Å². The highest BCUT2D eigenvalue weighted by Gasteiger charge is 2.06. The van der Waals surface area contributed by atoms with Crippen LogP contribution in [0, 0.1) is 13.8 Å². The topological polar surface area (TPSA) is 46.9 Å². The second-order valence-corrected chi connectivity index (χ2v) is 7.33. The van der Waals surface area contributed by atoms with Crippen LogP contribution in [0.4, 0.5) is 5.69 Å². The molecule has 1 amide bonds. The number of hydrogen-bond acceptors (Lipinski definition) is 2. The Morgan fingerprint density at radius 3 is 2.26 bits per heavy atom. The van der Waals surface area contributed by atoms with Crippen molar-refractivity contribution < 1.29 is 4.79 Å². The van der Waals surface area contributed by atoms with Gasteiger partial charge in [-0.15, -0.1) is 0 Å². The van der Waals surface area contributed by atoms with E-state index >= 15 is 0 Å². The van der Waals surface area contributed by atoms with Gasteiger partial charge < -0.3 is 5.32 Å². The fourth-order valence-electron chi connectivity index (χ4n) is 3.13. The lowest BCUT2D eigenvalue weighted by molar-refractivity contribution is -0.116. The predicted octanol–water partition coefficient (Wildman–Crippen LogP) is 5.18. The summed E-state index contributed by atoms with van der Waals surface area (Å²) in [4.78, 5) is 12.2. The van der Waals surface area contributed by atoms with Gasteiger partial charge in [0.2, 0.25) is 5.91 Å². The molecule has 3 aromatic rings. The second-order valence-electron chi connectivity index (χ2n) is 7.33. The lowest BCUT2D eigenvalue weighted by Gasteiger charge is -2.09. The van der Waals surface area contributed by atoms with E-state index in [4.69, 9.17) is 0 Å². The van der Waals surface area contributed by atoms with E-state index in [0.717, 1.165) is 28.3 Å². The van der Waals surface area contributed by atoms with E-state index in [1.807, 2.05) is 30.7 Å². The van der Waals surface area contributed by atoms with Crippen LogP contribution in [0.2, 0.25) is 0 Å². The number of nitrogens with one attached hydrogen (secondary N) is 1. The molecule has 0 radical (unpaired) electrons. The molecule has 0 saturated heterocycles. The minimum Gasteiger partial charge on any atom is -0.326 e. The molecule has 4 nitrogen and oxygen atoms in total. The van der Waals surface area contributed by atoms with E-state index in [-0.39, 0.29) is 5.91 Å². The summed E-state index contributed by atoms with van der Waals surface area (Å²) in [6.07, 6.45) is 1.18. The number of amides is 1. The summed E-state index contributed by atoms with van der Waals surface area (Å²) >= 11 is 0. The summed E-state index contributed by atoms with van der Waals surface area (Å²) in [6.45, 7) is 8.36. The molecule has 0 spiro atoms. The van der Waals surface area contributed by atoms with Crippen LogP contribution in [0.1, 0.15) is 48.7 Å². The molecule has 0 unspecified atom stereocenters. The molecule has 27 heavy (non-hydrogen) atoms. The Balaban J connectivity index is 1.55. The molecule has 0 saturated carbocycles. The number of anilines is 1. The number of nitrogens with zero attached hydrogens (tertiary/aromatic N) is 2. The fourth-order valence-corrected chi connectivity index (χ4v) is 3.13. The zero-order chi connectivity index (χ0) is 19.4. The molecule has 0 fully saturated rings. The highest BCUT2D eigenvalue weighted by Crippen LogP contribution is 2.18. The Morgan fingerprint density at radius 2 is 1.70 bits per heavy atom. The van der Waals surface area contributed by atoms with E-state index in [1.165, 1.54) is 5.56 Å². The first kappa shape index (κ1) is 18.9. The summed E-state index contributed by atoms with van der Waals surface area (Å²) in [5.41, 5.74) is 6.43. The van der Waals surface area contributed by atoms with E-state index in [1.54, 1.807) is 0 Å². The standard InChI is InChI=1S/C23H27N3O/c1-16(2)20-8-10-21(11-9-20)24-23(27)14-7-19-5-12-22(13-6-19)26-18(4)15-17(3)25-26/h5-6,8-13,15-16H,7,14H2,1-4H3,(H,24,27). The number of hydrogen-bond donors (Lipinski definition) is 1. The van der Waals surface area contributed by atoms with Crippen molar-refractivity contribution in [2.45, 2.75) is 46.5 Å². The lowest BCUT2D eigenvalue weighted by atomic mass is 10.0. The molecule has 1 N–H and O–H groups in total. The van der Waals surface area contributed by atoms with Crippen LogP contribution in [0.25, 0.3) is 5.69 Å². The molecule has 2 aromatic carbocycles. The number of rotatable bonds is 6. The number of carbonyl (C=O) groups is 1. The smallest absolute Gasteiger partial charge is 0.224 e. The van der Waals surface area contributed by atoms with Gasteiger partial charge >= 0.3 is 0 Å². The SMILES string of the molecule is Cc1cc(C)n(-c2ccc(CCC(=O)Nc3ccc(C(C)C)cc3)cc2)n1. The van der Waals surface area contributed by atoms with Crippen molar-refractivity contribution in [3.8, 4) is 5.69 Å². The third-order valence-electron chi connectivity index (χ3n) is 4.69. The van der Waals surface area contributed by atoms with Gasteiger partial charge in [0.25, 0.3) is 0 Å². The Morgan fingerprint density at radius 1 is 1.04 bits per heavy atom. The third kappa shape index (κ3) is 4.85. The van der Waals surface area contributed by atoms with Crippen molar-refractivity contribution in [3.63, 3.8) is 0 Å². The van der Waals surface area contributed by atoms with Gasteiger partial charge in [-0.05, 0) is 67.6 Å². The predicted molar refractivity (Wildman–Crippen MR) is 111 cm³/mol. The molecule has 140 valence electrons. The minimum atomic E-state index is 0.0370. The average Bonchev–Trinajstić information content (AvgIpc) is 2.99. The molecule has 0 aliphatic carbocycles. The highest BCUT2D eigenvalue weighted by atomic mass is 16.1. The molecule has 0 bridgehead atoms. The van der Waals surface area contributed by atoms with Crippen LogP contribution in [0.15, 0.2) is 54.6 Å². The molecule has 4 heteroatoms. The number of aromatic nitrogens is 2. The lowest BCUT2D eigenvalue weighted by Crippen LogP contribution is -2.12. The van der Waals surface area contributed by atoms with Crippen LogP contribution in [-0.2, 0) is 11.2 Å². The van der Waals surface area contributed by atoms with Gasteiger partial charge in [-0.1, -0.05) is 38.1 Å². The van der Waals surface area contributed by atoms with E-state index in [2.05, 4.69) is 66.7 Å². The van der Waals surface area contributed by atoms with Crippen LogP contribution >= 0.6 is 0 Å². The summed E-state index contributed by atoms with van der Waals surface area (Å²) < 4.78 is 1.94. The molecule has 0 aliphatic heterocycles. The highest BCUT2D eigenvalue weighted by molar-refractivity contribution is 5.90. The second kappa shape index (κ2) is 8.21. The maximum Gasteiger partial charge on any atom is 0.224 e. The third-order valence-corrected chi connectivity index (χ3v) is 4.69. The average molecular weight is 361 g/mol. The Kier molecular flexibility index (Phi) is 5.75. The van der Waals surface area contributed by atoms with Crippen LogP contribution in [-0.4, -0.2) is 15.7 Å². The molecular weight excluding hydrogens is 334 g/mol. The summed E-state index contributed by atoms with van der Waals surface area (Å²) in [5, 5.41) is 7.47. The van der Waals surface area contributed by atoms with Crippen LogP contribution in [0.5, 0.6) is 0 Å². The minimum absolute atomic E-state index is 0.0370. The van der Waals surface area contributed by atoms with Gasteiger partial charge in [-0.2, -0.15) is 5.10 Å². The van der Waals surface area contributed by atoms with Crippen molar-refractivity contribution in [2.24, 2.45) is 0 Å². The van der Waals surface area contributed by atoms with E-state index in [0.29, 0.717) is 18.8 Å². The van der Waals surface area contributed by atoms with Crippen molar-refractivity contribution in [3.05, 3.63) is 77.1 Å². The first-order chi connectivity index (χ1) is 12.9. The maximum atomic E-state index is 12.2. The van der Waals surface area contributed by atoms with Gasteiger partial charge in [0.15, 0.2) is 0 Å². The maximum absolute atomic E-state index is 12.2. The van der Waals surface area contributed by atoms with E-state index in [9.17, 15) is 4.79 Å². The van der Waals surface area contributed by atoms with Crippen molar-refractivity contribution in [2.75, 3.05) is 5.32 Å². The summed E-state index contributed by atoms with van der Waals surface area (Å²) in [7, 11) is 0. The number of carbonyl (C=O) groups excluding carboxylic acids is 1. The molecule has 0 atom stereocenters. The molecule has 1 aromatic heterocycles. The molecule has 3 rings (SSSR count). The zero-order valence-electron chi connectivity index (χ0n) is 16.5. The number of benzene rings is 2. The number of aryl methyl sites for hydroxylation is 3.